The number of aliphatic hydroxyl groups is 1. The van der Waals surface area contributed by atoms with Crippen molar-refractivity contribution in [2.75, 3.05) is 6.54 Å². The Balaban J connectivity index is 1.31. The fourth-order valence-corrected chi connectivity index (χ4v) is 9.15. The van der Waals surface area contributed by atoms with Gasteiger partial charge in [0.05, 0.1) is 17.5 Å². The molecule has 1 saturated heterocycles. The summed E-state index contributed by atoms with van der Waals surface area (Å²) in [6, 6.07) is 26.5. The summed E-state index contributed by atoms with van der Waals surface area (Å²) in [7, 11) is 0. The molecule has 4 aliphatic rings. The first-order valence-corrected chi connectivity index (χ1v) is 17.1. The molecular formula is C39H41NO4S. The van der Waals surface area contributed by atoms with Crippen LogP contribution in [0.15, 0.2) is 90.5 Å². The van der Waals surface area contributed by atoms with Crippen LogP contribution < -0.4 is 0 Å². The zero-order valence-corrected chi connectivity index (χ0v) is 26.9. The van der Waals surface area contributed by atoms with Gasteiger partial charge in [-0.1, -0.05) is 79.2 Å². The number of amides is 1. The number of hydrogen-bond acceptors (Lipinski definition) is 5. The van der Waals surface area contributed by atoms with Gasteiger partial charge in [0.15, 0.2) is 0 Å². The number of rotatable bonds is 4. The first-order chi connectivity index (χ1) is 21.7. The second kappa shape index (κ2) is 11.9. The van der Waals surface area contributed by atoms with Crippen LogP contribution in [0.1, 0.15) is 90.2 Å². The molecule has 2 fully saturated rings. The third-order valence-corrected chi connectivity index (χ3v) is 11.9. The summed E-state index contributed by atoms with van der Waals surface area (Å²) >= 11 is 1.54. The van der Waals surface area contributed by atoms with Crippen molar-refractivity contribution >= 4 is 33.3 Å². The minimum atomic E-state index is -0.644. The van der Waals surface area contributed by atoms with Gasteiger partial charge in [-0.3, -0.25) is 9.69 Å². The SMILES string of the molecule is CC1=CCCC2(C)C(CCC23CN(Cc2ccccc2)C(=O)O3)c2ccc(cc2C(=O)c2cc3ccccc3s2)CC(O)CC1. The van der Waals surface area contributed by atoms with E-state index in [9.17, 15) is 14.7 Å². The van der Waals surface area contributed by atoms with Gasteiger partial charge in [-0.25, -0.2) is 4.79 Å². The Hall–Kier alpha value is -3.74. The Morgan fingerprint density at radius 3 is 2.64 bits per heavy atom. The van der Waals surface area contributed by atoms with Crippen molar-refractivity contribution in [1.29, 1.82) is 0 Å². The minimum absolute atomic E-state index is 0.0304. The summed E-state index contributed by atoms with van der Waals surface area (Å²) in [5.41, 5.74) is 4.07. The number of carbonyl (C=O) groups is 2. The molecule has 4 aromatic rings. The van der Waals surface area contributed by atoms with Gasteiger partial charge in [-0.2, -0.15) is 0 Å². The Morgan fingerprint density at radius 1 is 1.02 bits per heavy atom. The summed E-state index contributed by atoms with van der Waals surface area (Å²) in [5.74, 6) is 0.0636. The summed E-state index contributed by atoms with van der Waals surface area (Å²) in [4.78, 5) is 30.5. The summed E-state index contributed by atoms with van der Waals surface area (Å²) in [5, 5.41) is 12.0. The topological polar surface area (TPSA) is 66.8 Å². The molecule has 1 amide bonds. The van der Waals surface area contributed by atoms with E-state index in [1.165, 1.54) is 16.9 Å². The Labute approximate surface area is 269 Å². The first kappa shape index (κ1) is 29.9. The zero-order chi connectivity index (χ0) is 31.2. The molecule has 232 valence electrons. The maximum Gasteiger partial charge on any atom is 0.410 e. The third-order valence-electron chi connectivity index (χ3n) is 10.7. The summed E-state index contributed by atoms with van der Waals surface area (Å²) < 4.78 is 7.59. The van der Waals surface area contributed by atoms with Gasteiger partial charge in [0.25, 0.3) is 0 Å². The molecule has 1 N–H and O–H groups in total. The van der Waals surface area contributed by atoms with Crippen molar-refractivity contribution in [1.82, 2.24) is 4.90 Å². The molecule has 4 atom stereocenters. The number of hydrogen-bond donors (Lipinski definition) is 1. The number of ketones is 1. The maximum absolute atomic E-state index is 14.4. The average molecular weight is 620 g/mol. The summed E-state index contributed by atoms with van der Waals surface area (Å²) in [6.07, 6.45) is 6.88. The molecule has 1 aromatic heterocycles. The van der Waals surface area contributed by atoms with E-state index >= 15 is 0 Å². The van der Waals surface area contributed by atoms with E-state index in [0.717, 1.165) is 63.8 Å². The van der Waals surface area contributed by atoms with Crippen LogP contribution in [0.4, 0.5) is 4.79 Å². The predicted octanol–water partition coefficient (Wildman–Crippen LogP) is 8.83. The minimum Gasteiger partial charge on any atom is -0.440 e. The molecule has 5 nitrogen and oxygen atoms in total. The standard InChI is InChI=1S/C39H41NO4S/c1-26-9-8-19-38(2)33(18-20-39(38)25-40(37(43)44-39)24-27-10-4-3-5-11-27)31-17-15-28(21-30(41)16-14-26)22-32(31)36(42)35-23-29-12-6-7-13-34(29)45-35/h3-7,9-13,15,17,22-23,30,33,41H,8,14,16,18-21,24-25H2,1-2H3. The van der Waals surface area contributed by atoms with E-state index in [0.29, 0.717) is 31.5 Å². The lowest BCUT2D eigenvalue weighted by Crippen LogP contribution is -2.48. The van der Waals surface area contributed by atoms with Crippen molar-refractivity contribution in [3.63, 3.8) is 0 Å². The number of nitrogens with zero attached hydrogens (tertiary/aromatic N) is 1. The molecule has 1 aliphatic heterocycles. The van der Waals surface area contributed by atoms with Gasteiger partial charge in [-0.05, 0) is 98.1 Å². The molecule has 6 heteroatoms. The highest BCUT2D eigenvalue weighted by atomic mass is 32.1. The van der Waals surface area contributed by atoms with Crippen molar-refractivity contribution < 1.29 is 19.4 Å². The summed E-state index contributed by atoms with van der Waals surface area (Å²) in [6.45, 7) is 5.51. The molecule has 4 unspecified atom stereocenters. The molecule has 1 spiro atoms. The van der Waals surface area contributed by atoms with Crippen molar-refractivity contribution in [3.8, 4) is 0 Å². The predicted molar refractivity (Wildman–Crippen MR) is 180 cm³/mol. The zero-order valence-electron chi connectivity index (χ0n) is 26.1. The average Bonchev–Trinajstić information content (AvgIpc) is 3.69. The van der Waals surface area contributed by atoms with Crippen LogP contribution in [0.5, 0.6) is 0 Å². The fraction of sp³-hybridized carbons (Fsp3) is 0.385. The van der Waals surface area contributed by atoms with Gasteiger partial charge >= 0.3 is 6.09 Å². The molecule has 3 aliphatic carbocycles. The highest BCUT2D eigenvalue weighted by molar-refractivity contribution is 7.21. The monoisotopic (exact) mass is 619 g/mol. The normalized spacial score (nSPS) is 27.0. The van der Waals surface area contributed by atoms with Crippen LogP contribution in [0, 0.1) is 5.41 Å². The Bertz CT molecular complexity index is 1740. The van der Waals surface area contributed by atoms with Crippen LogP contribution in [-0.4, -0.2) is 40.1 Å². The van der Waals surface area contributed by atoms with Crippen LogP contribution in [0.25, 0.3) is 10.1 Å². The molecule has 2 bridgehead atoms. The fourth-order valence-electron chi connectivity index (χ4n) is 8.13. The Morgan fingerprint density at radius 2 is 1.82 bits per heavy atom. The largest absolute Gasteiger partial charge is 0.440 e. The van der Waals surface area contributed by atoms with Crippen molar-refractivity contribution in [2.45, 2.75) is 83.0 Å². The molecule has 2 heterocycles. The second-order valence-corrected chi connectivity index (χ2v) is 14.7. The van der Waals surface area contributed by atoms with E-state index in [2.05, 4.69) is 56.3 Å². The quantitative estimate of drug-likeness (QED) is 0.183. The molecule has 8 rings (SSSR count). The van der Waals surface area contributed by atoms with Crippen molar-refractivity contribution in [3.05, 3.63) is 118 Å². The number of allylic oxidation sites excluding steroid dienone is 2. The van der Waals surface area contributed by atoms with Crippen LogP contribution in [0.2, 0.25) is 0 Å². The number of benzene rings is 3. The molecule has 0 radical (unpaired) electrons. The van der Waals surface area contributed by atoms with Gasteiger partial charge in [0.1, 0.15) is 5.60 Å². The van der Waals surface area contributed by atoms with E-state index in [1.54, 1.807) is 0 Å². The molecule has 45 heavy (non-hydrogen) atoms. The number of aliphatic hydroxyl groups excluding tert-OH is 1. The number of ether oxygens (including phenoxy) is 1. The van der Waals surface area contributed by atoms with Gasteiger partial charge in [-0.15, -0.1) is 11.3 Å². The van der Waals surface area contributed by atoms with Gasteiger partial charge in [0, 0.05) is 22.2 Å². The maximum atomic E-state index is 14.4. The number of fused-ring (bicyclic) bond motifs is 9. The lowest BCUT2D eigenvalue weighted by molar-refractivity contribution is -0.0373. The number of thiophene rings is 1. The highest BCUT2D eigenvalue weighted by Gasteiger charge is 2.63. The molecular weight excluding hydrogens is 578 g/mol. The lowest BCUT2D eigenvalue weighted by atomic mass is 9.65. The van der Waals surface area contributed by atoms with E-state index in [4.69, 9.17) is 4.74 Å². The van der Waals surface area contributed by atoms with E-state index in [1.807, 2.05) is 47.4 Å². The first-order valence-electron chi connectivity index (χ1n) is 16.3. The van der Waals surface area contributed by atoms with Crippen LogP contribution >= 0.6 is 11.3 Å². The van der Waals surface area contributed by atoms with Crippen LogP contribution in [0.3, 0.4) is 0 Å². The van der Waals surface area contributed by atoms with Crippen LogP contribution in [-0.2, 0) is 17.7 Å². The highest BCUT2D eigenvalue weighted by Crippen LogP contribution is 2.62. The molecule has 3 aromatic carbocycles. The molecule has 1 saturated carbocycles. The number of carbonyl (C=O) groups excluding carboxylic acids is 2. The van der Waals surface area contributed by atoms with Crippen molar-refractivity contribution in [2.24, 2.45) is 5.41 Å². The van der Waals surface area contributed by atoms with Gasteiger partial charge in [0.2, 0.25) is 5.78 Å². The smallest absolute Gasteiger partial charge is 0.410 e. The van der Waals surface area contributed by atoms with E-state index in [-0.39, 0.29) is 23.2 Å². The lowest BCUT2D eigenvalue weighted by Gasteiger charge is -2.43. The van der Waals surface area contributed by atoms with Gasteiger partial charge < -0.3 is 9.84 Å². The van der Waals surface area contributed by atoms with E-state index < -0.39 is 11.7 Å². The Kier molecular flexibility index (Phi) is 7.91. The second-order valence-electron chi connectivity index (χ2n) is 13.6. The third kappa shape index (κ3) is 5.53.